The number of furan rings is 1. The van der Waals surface area contributed by atoms with Crippen molar-refractivity contribution in [2.75, 3.05) is 4.90 Å². The Hall–Kier alpha value is -6.61. The normalized spacial score (nSPS) is 10.7. The molecule has 0 aliphatic carbocycles. The van der Waals surface area contributed by atoms with Crippen molar-refractivity contribution in [1.29, 1.82) is 5.26 Å². The smallest absolute Gasteiger partial charge is 0.195 e. The zero-order valence-corrected chi connectivity index (χ0v) is 23.4. The Morgan fingerprint density at radius 3 is 1.77 bits per heavy atom. The maximum Gasteiger partial charge on any atom is 0.195 e. The van der Waals surface area contributed by atoms with Crippen molar-refractivity contribution in [2.24, 2.45) is 0 Å². The quantitative estimate of drug-likeness (QED) is 0.196. The van der Waals surface area contributed by atoms with Gasteiger partial charge in [0.1, 0.15) is 5.58 Å². The van der Waals surface area contributed by atoms with Crippen molar-refractivity contribution < 1.29 is 4.42 Å². The molecule has 44 heavy (non-hydrogen) atoms. The molecule has 0 amide bonds. The van der Waals surface area contributed by atoms with Gasteiger partial charge in [0.2, 0.25) is 0 Å². The summed E-state index contributed by atoms with van der Waals surface area (Å²) in [5.41, 5.74) is 9.70. The topological polar surface area (TPSA) is 48.9 Å². The first-order chi connectivity index (χ1) is 21.7. The summed E-state index contributed by atoms with van der Waals surface area (Å²) in [4.78, 5) is 9.19. The Kier molecular flexibility index (Phi) is 6.57. The molecule has 0 unspecified atom stereocenters. The second-order valence-corrected chi connectivity index (χ2v) is 10.3. The molecule has 0 bridgehead atoms. The van der Waals surface area contributed by atoms with Crippen LogP contribution in [-0.2, 0) is 0 Å². The van der Waals surface area contributed by atoms with Gasteiger partial charge in [0.25, 0.3) is 0 Å². The van der Waals surface area contributed by atoms with E-state index >= 15 is 0 Å². The van der Waals surface area contributed by atoms with E-state index in [0.717, 1.165) is 61.3 Å². The zero-order valence-electron chi connectivity index (χ0n) is 23.4. The summed E-state index contributed by atoms with van der Waals surface area (Å²) >= 11 is 0. The first-order valence-electron chi connectivity index (χ1n) is 14.0. The van der Waals surface area contributed by atoms with E-state index in [-0.39, 0.29) is 0 Å². The fraction of sp³-hybridized carbons (Fsp3) is 0. The predicted octanol–water partition coefficient (Wildman–Crippen LogP) is 11.4. The van der Waals surface area contributed by atoms with Gasteiger partial charge in [-0.1, -0.05) is 84.9 Å². The lowest BCUT2D eigenvalue weighted by Gasteiger charge is -2.26. The molecule has 5 heteroatoms. The lowest BCUT2D eigenvalue weighted by Crippen LogP contribution is -2.10. The van der Waals surface area contributed by atoms with Crippen LogP contribution in [0.15, 0.2) is 138 Å². The average Bonchev–Trinajstić information content (AvgIpc) is 3.48. The standard InChI is InChI=1S/C39H22N4O/c1-41-35-23-18-30(24-36(35)42-2)29-16-21-32(22-17-29)43(31-19-14-28(15-20-31)27-12-10-26(25-40)11-13-27)37-8-5-7-34-33-6-3-4-9-38(33)44-39(34)37/h3-24H. The fourth-order valence-corrected chi connectivity index (χ4v) is 5.57. The van der Waals surface area contributed by atoms with Crippen LogP contribution in [0.3, 0.4) is 0 Å². The molecule has 0 saturated carbocycles. The largest absolute Gasteiger partial charge is 0.454 e. The molecular weight excluding hydrogens is 540 g/mol. The third-order valence-corrected chi connectivity index (χ3v) is 7.77. The summed E-state index contributed by atoms with van der Waals surface area (Å²) in [6.07, 6.45) is 0. The number of nitriles is 1. The Bertz CT molecular complexity index is 2290. The van der Waals surface area contributed by atoms with Gasteiger partial charge >= 0.3 is 0 Å². The number of hydrogen-bond acceptors (Lipinski definition) is 3. The highest BCUT2D eigenvalue weighted by atomic mass is 16.3. The molecule has 0 radical (unpaired) electrons. The number of nitrogens with zero attached hydrogens (tertiary/aromatic N) is 4. The van der Waals surface area contributed by atoms with Crippen LogP contribution in [0.5, 0.6) is 0 Å². The zero-order chi connectivity index (χ0) is 30.0. The number of hydrogen-bond donors (Lipinski definition) is 0. The average molecular weight is 563 g/mol. The van der Waals surface area contributed by atoms with Gasteiger partial charge in [0, 0.05) is 22.1 Å². The minimum absolute atomic E-state index is 0.349. The molecule has 0 atom stereocenters. The van der Waals surface area contributed by atoms with Crippen LogP contribution in [0.25, 0.3) is 53.9 Å². The molecule has 6 aromatic carbocycles. The molecule has 0 spiro atoms. The maximum atomic E-state index is 9.18. The molecule has 7 rings (SSSR count). The van der Waals surface area contributed by atoms with Crippen LogP contribution >= 0.6 is 0 Å². The molecule has 1 heterocycles. The van der Waals surface area contributed by atoms with Crippen LogP contribution in [0.2, 0.25) is 0 Å². The molecule has 204 valence electrons. The third kappa shape index (κ3) is 4.60. The van der Waals surface area contributed by atoms with Crippen LogP contribution in [0.1, 0.15) is 5.56 Å². The summed E-state index contributed by atoms with van der Waals surface area (Å²) < 4.78 is 6.44. The van der Waals surface area contributed by atoms with Crippen LogP contribution in [0, 0.1) is 24.5 Å². The van der Waals surface area contributed by atoms with Crippen LogP contribution in [-0.4, -0.2) is 0 Å². The van der Waals surface area contributed by atoms with Crippen molar-refractivity contribution in [3.63, 3.8) is 0 Å². The highest BCUT2D eigenvalue weighted by molar-refractivity contribution is 6.10. The summed E-state index contributed by atoms with van der Waals surface area (Å²) in [7, 11) is 0. The van der Waals surface area contributed by atoms with Crippen molar-refractivity contribution in [3.05, 3.63) is 162 Å². The van der Waals surface area contributed by atoms with E-state index in [4.69, 9.17) is 17.6 Å². The Balaban J connectivity index is 1.35. The monoisotopic (exact) mass is 562 g/mol. The number of anilines is 3. The van der Waals surface area contributed by atoms with Crippen molar-refractivity contribution >= 4 is 50.4 Å². The molecule has 0 aliphatic rings. The fourth-order valence-electron chi connectivity index (χ4n) is 5.57. The number of fused-ring (bicyclic) bond motifs is 3. The second-order valence-electron chi connectivity index (χ2n) is 10.3. The van der Waals surface area contributed by atoms with Gasteiger partial charge in [-0.15, -0.1) is 0 Å². The summed E-state index contributed by atoms with van der Waals surface area (Å²) in [6.45, 7) is 14.8. The molecule has 0 fully saturated rings. The van der Waals surface area contributed by atoms with E-state index in [9.17, 15) is 5.26 Å². The first-order valence-corrected chi connectivity index (χ1v) is 14.0. The Labute approximate surface area is 254 Å². The highest BCUT2D eigenvalue weighted by Gasteiger charge is 2.19. The SMILES string of the molecule is [C-]#[N+]c1ccc(-c2ccc(N(c3ccc(-c4ccc(C#N)cc4)cc3)c3cccc4c3oc3ccccc34)cc2)cc1[N+]#[C-]. The van der Waals surface area contributed by atoms with E-state index in [1.165, 1.54) is 0 Å². The van der Waals surface area contributed by atoms with Gasteiger partial charge in [0.05, 0.1) is 30.5 Å². The highest BCUT2D eigenvalue weighted by Crippen LogP contribution is 2.43. The van der Waals surface area contributed by atoms with E-state index in [2.05, 4.69) is 81.3 Å². The van der Waals surface area contributed by atoms with Crippen molar-refractivity contribution in [1.82, 2.24) is 0 Å². The van der Waals surface area contributed by atoms with Gasteiger partial charge in [0.15, 0.2) is 17.0 Å². The number of rotatable bonds is 5. The summed E-state index contributed by atoms with van der Waals surface area (Å²) in [5, 5.41) is 11.3. The van der Waals surface area contributed by atoms with Gasteiger partial charge in [-0.2, -0.15) is 5.26 Å². The summed E-state index contributed by atoms with van der Waals surface area (Å²) in [6, 6.07) is 45.9. The lowest BCUT2D eigenvalue weighted by atomic mass is 10.0. The second kappa shape index (κ2) is 11.0. The minimum Gasteiger partial charge on any atom is -0.454 e. The Morgan fingerprint density at radius 1 is 0.568 bits per heavy atom. The molecule has 0 N–H and O–H groups in total. The van der Waals surface area contributed by atoms with Gasteiger partial charge < -0.3 is 9.32 Å². The molecule has 0 aliphatic heterocycles. The molecule has 1 aromatic heterocycles. The van der Waals surface area contributed by atoms with E-state index in [1.54, 1.807) is 12.1 Å². The summed E-state index contributed by atoms with van der Waals surface area (Å²) in [5.74, 6) is 0. The molecule has 5 nitrogen and oxygen atoms in total. The number of para-hydroxylation sites is 2. The van der Waals surface area contributed by atoms with E-state index < -0.39 is 0 Å². The van der Waals surface area contributed by atoms with Gasteiger partial charge in [-0.25, -0.2) is 0 Å². The Morgan fingerprint density at radius 2 is 1.14 bits per heavy atom. The predicted molar refractivity (Wildman–Crippen MR) is 177 cm³/mol. The van der Waals surface area contributed by atoms with Crippen LogP contribution in [0.4, 0.5) is 28.4 Å². The van der Waals surface area contributed by atoms with Gasteiger partial charge in [-0.3, -0.25) is 9.69 Å². The van der Waals surface area contributed by atoms with Gasteiger partial charge in [-0.05, 0) is 70.8 Å². The number of benzene rings is 6. The molecule has 0 saturated heterocycles. The lowest BCUT2D eigenvalue weighted by molar-refractivity contribution is 0.669. The third-order valence-electron chi connectivity index (χ3n) is 7.77. The van der Waals surface area contributed by atoms with Crippen LogP contribution < -0.4 is 4.90 Å². The first kappa shape index (κ1) is 26.3. The van der Waals surface area contributed by atoms with Crippen molar-refractivity contribution in [3.8, 4) is 28.3 Å². The molecular formula is C39H22N4O. The van der Waals surface area contributed by atoms with E-state index in [1.807, 2.05) is 60.7 Å². The molecule has 7 aromatic rings. The maximum absolute atomic E-state index is 9.18. The van der Waals surface area contributed by atoms with Crippen molar-refractivity contribution in [2.45, 2.75) is 0 Å². The minimum atomic E-state index is 0.349. The van der Waals surface area contributed by atoms with E-state index in [0.29, 0.717) is 16.9 Å².